The molecular weight excluding hydrogens is 240 g/mol. The average Bonchev–Trinajstić information content (AvgIpc) is 2.39. The number of aryl methyl sites for hydroxylation is 1. The lowest BCUT2D eigenvalue weighted by molar-refractivity contribution is -0.130. The van der Waals surface area contributed by atoms with Gasteiger partial charge in [0.05, 0.1) is 7.11 Å². The number of hydrogen-bond donors (Lipinski definition) is 1. The molecule has 4 nitrogen and oxygen atoms in total. The van der Waals surface area contributed by atoms with Crippen molar-refractivity contribution in [3.63, 3.8) is 0 Å². The van der Waals surface area contributed by atoms with Crippen LogP contribution in [-0.4, -0.2) is 31.5 Å². The van der Waals surface area contributed by atoms with Gasteiger partial charge >= 0.3 is 0 Å². The molecule has 19 heavy (non-hydrogen) atoms. The Balaban J connectivity index is 2.62. The maximum atomic E-state index is 12.0. The molecule has 2 N–H and O–H groups in total. The van der Waals surface area contributed by atoms with Crippen molar-refractivity contribution in [2.24, 2.45) is 5.73 Å². The van der Waals surface area contributed by atoms with Crippen molar-refractivity contribution >= 4 is 5.91 Å². The SMILES string of the molecule is COc1ccc(C)cc1CN(C)C(=O)CCCCN. The van der Waals surface area contributed by atoms with Gasteiger partial charge in [-0.25, -0.2) is 0 Å². The van der Waals surface area contributed by atoms with Crippen molar-refractivity contribution in [2.75, 3.05) is 20.7 Å². The number of hydrogen-bond acceptors (Lipinski definition) is 3. The summed E-state index contributed by atoms with van der Waals surface area (Å²) < 4.78 is 5.32. The Hall–Kier alpha value is -1.55. The predicted octanol–water partition coefficient (Wildman–Crippen LogP) is 2.09. The molecule has 0 heterocycles. The summed E-state index contributed by atoms with van der Waals surface area (Å²) in [7, 11) is 3.48. The number of amides is 1. The quantitative estimate of drug-likeness (QED) is 0.767. The lowest BCUT2D eigenvalue weighted by Gasteiger charge is -2.19. The normalized spacial score (nSPS) is 10.3. The van der Waals surface area contributed by atoms with Crippen LogP contribution in [0.15, 0.2) is 18.2 Å². The first kappa shape index (κ1) is 15.5. The summed E-state index contributed by atoms with van der Waals surface area (Å²) in [4.78, 5) is 13.7. The van der Waals surface area contributed by atoms with E-state index in [1.807, 2.05) is 26.1 Å². The number of ether oxygens (including phenoxy) is 1. The molecule has 0 aliphatic heterocycles. The fourth-order valence-corrected chi connectivity index (χ4v) is 1.99. The van der Waals surface area contributed by atoms with Crippen molar-refractivity contribution in [1.29, 1.82) is 0 Å². The molecule has 0 saturated heterocycles. The Morgan fingerprint density at radius 3 is 2.74 bits per heavy atom. The minimum atomic E-state index is 0.150. The molecule has 1 rings (SSSR count). The summed E-state index contributed by atoms with van der Waals surface area (Å²) in [6.07, 6.45) is 2.31. The summed E-state index contributed by atoms with van der Waals surface area (Å²) >= 11 is 0. The number of nitrogens with two attached hydrogens (primary N) is 1. The average molecular weight is 264 g/mol. The Kier molecular flexibility index (Phi) is 6.36. The molecule has 0 saturated carbocycles. The van der Waals surface area contributed by atoms with Gasteiger partial charge in [-0.1, -0.05) is 17.7 Å². The van der Waals surface area contributed by atoms with Gasteiger partial charge in [0.1, 0.15) is 5.75 Å². The monoisotopic (exact) mass is 264 g/mol. The van der Waals surface area contributed by atoms with Crippen LogP contribution in [0.3, 0.4) is 0 Å². The van der Waals surface area contributed by atoms with E-state index >= 15 is 0 Å². The molecule has 4 heteroatoms. The molecule has 0 spiro atoms. The number of unbranched alkanes of at least 4 members (excludes halogenated alkanes) is 1. The Morgan fingerprint density at radius 2 is 2.11 bits per heavy atom. The maximum absolute atomic E-state index is 12.0. The first-order valence-electron chi connectivity index (χ1n) is 6.66. The van der Waals surface area contributed by atoms with E-state index in [1.54, 1.807) is 12.0 Å². The lowest BCUT2D eigenvalue weighted by atomic mass is 10.1. The second-order valence-corrected chi connectivity index (χ2v) is 4.81. The molecule has 0 fully saturated rings. The number of benzene rings is 1. The van der Waals surface area contributed by atoms with Crippen LogP contribution in [0.2, 0.25) is 0 Å². The van der Waals surface area contributed by atoms with Gasteiger partial charge in [0.25, 0.3) is 0 Å². The highest BCUT2D eigenvalue weighted by Crippen LogP contribution is 2.21. The number of carbonyl (C=O) groups excluding carboxylic acids is 1. The summed E-state index contributed by atoms with van der Waals surface area (Å²) in [5, 5.41) is 0. The number of rotatable bonds is 7. The van der Waals surface area contributed by atoms with Crippen molar-refractivity contribution in [3.8, 4) is 5.75 Å². The zero-order chi connectivity index (χ0) is 14.3. The zero-order valence-corrected chi connectivity index (χ0v) is 12.1. The number of methoxy groups -OCH3 is 1. The van der Waals surface area contributed by atoms with Crippen LogP contribution in [0.25, 0.3) is 0 Å². The van der Waals surface area contributed by atoms with E-state index in [0.29, 0.717) is 19.5 Å². The third-order valence-electron chi connectivity index (χ3n) is 3.11. The highest BCUT2D eigenvalue weighted by Gasteiger charge is 2.11. The van der Waals surface area contributed by atoms with Crippen LogP contribution in [0.5, 0.6) is 5.75 Å². The van der Waals surface area contributed by atoms with Crippen LogP contribution in [0.4, 0.5) is 0 Å². The first-order chi connectivity index (χ1) is 9.08. The van der Waals surface area contributed by atoms with Gasteiger partial charge in [-0.2, -0.15) is 0 Å². The Labute approximate surface area is 115 Å². The number of carbonyl (C=O) groups is 1. The standard InChI is InChI=1S/C15H24N2O2/c1-12-7-8-14(19-3)13(10-12)11-17(2)15(18)6-4-5-9-16/h7-8,10H,4-6,9,11,16H2,1-3H3. The zero-order valence-electron chi connectivity index (χ0n) is 12.1. The van der Waals surface area contributed by atoms with Gasteiger partial charge in [0, 0.05) is 25.6 Å². The van der Waals surface area contributed by atoms with E-state index in [0.717, 1.165) is 24.2 Å². The van der Waals surface area contributed by atoms with Gasteiger partial charge < -0.3 is 15.4 Å². The molecule has 0 aliphatic rings. The van der Waals surface area contributed by atoms with Crippen molar-refractivity contribution < 1.29 is 9.53 Å². The summed E-state index contributed by atoms with van der Waals surface area (Å²) in [5.41, 5.74) is 7.63. The van der Waals surface area contributed by atoms with E-state index in [-0.39, 0.29) is 5.91 Å². The Bertz CT molecular complexity index is 419. The molecule has 0 radical (unpaired) electrons. The topological polar surface area (TPSA) is 55.6 Å². The van der Waals surface area contributed by atoms with E-state index < -0.39 is 0 Å². The molecule has 0 aromatic heterocycles. The molecule has 0 unspecified atom stereocenters. The highest BCUT2D eigenvalue weighted by molar-refractivity contribution is 5.75. The predicted molar refractivity (Wildman–Crippen MR) is 77.1 cm³/mol. The van der Waals surface area contributed by atoms with Gasteiger partial charge in [0.2, 0.25) is 5.91 Å². The molecule has 1 amide bonds. The minimum absolute atomic E-state index is 0.150. The summed E-state index contributed by atoms with van der Waals surface area (Å²) in [6.45, 7) is 3.25. The summed E-state index contributed by atoms with van der Waals surface area (Å²) in [6, 6.07) is 6.01. The lowest BCUT2D eigenvalue weighted by Crippen LogP contribution is -2.26. The van der Waals surface area contributed by atoms with Crippen molar-refractivity contribution in [3.05, 3.63) is 29.3 Å². The first-order valence-corrected chi connectivity index (χ1v) is 6.66. The van der Waals surface area contributed by atoms with E-state index in [4.69, 9.17) is 10.5 Å². The van der Waals surface area contributed by atoms with Crippen molar-refractivity contribution in [1.82, 2.24) is 4.90 Å². The van der Waals surface area contributed by atoms with Gasteiger partial charge in [-0.05, 0) is 32.4 Å². The van der Waals surface area contributed by atoms with Crippen LogP contribution >= 0.6 is 0 Å². The van der Waals surface area contributed by atoms with E-state index in [9.17, 15) is 4.79 Å². The van der Waals surface area contributed by atoms with Crippen LogP contribution in [0.1, 0.15) is 30.4 Å². The largest absolute Gasteiger partial charge is 0.496 e. The number of nitrogens with zero attached hydrogens (tertiary/aromatic N) is 1. The van der Waals surface area contributed by atoms with Gasteiger partial charge in [-0.15, -0.1) is 0 Å². The summed E-state index contributed by atoms with van der Waals surface area (Å²) in [5.74, 6) is 0.976. The van der Waals surface area contributed by atoms with Gasteiger partial charge in [-0.3, -0.25) is 4.79 Å². The van der Waals surface area contributed by atoms with Gasteiger partial charge in [0.15, 0.2) is 0 Å². The molecule has 1 aromatic rings. The maximum Gasteiger partial charge on any atom is 0.222 e. The second-order valence-electron chi connectivity index (χ2n) is 4.81. The van der Waals surface area contributed by atoms with E-state index in [1.165, 1.54) is 5.56 Å². The van der Waals surface area contributed by atoms with Crippen LogP contribution in [0, 0.1) is 6.92 Å². The molecule has 106 valence electrons. The molecule has 0 atom stereocenters. The molecule has 0 bridgehead atoms. The highest BCUT2D eigenvalue weighted by atomic mass is 16.5. The fourth-order valence-electron chi connectivity index (χ4n) is 1.99. The second kappa shape index (κ2) is 7.79. The Morgan fingerprint density at radius 1 is 1.37 bits per heavy atom. The minimum Gasteiger partial charge on any atom is -0.496 e. The fraction of sp³-hybridized carbons (Fsp3) is 0.533. The molecular formula is C15H24N2O2. The molecule has 0 aliphatic carbocycles. The van der Waals surface area contributed by atoms with Crippen LogP contribution in [-0.2, 0) is 11.3 Å². The molecule has 1 aromatic carbocycles. The third kappa shape index (κ3) is 4.91. The van der Waals surface area contributed by atoms with E-state index in [2.05, 4.69) is 6.07 Å². The van der Waals surface area contributed by atoms with Crippen molar-refractivity contribution in [2.45, 2.75) is 32.7 Å². The third-order valence-corrected chi connectivity index (χ3v) is 3.11. The smallest absolute Gasteiger partial charge is 0.222 e. The van der Waals surface area contributed by atoms with Crippen LogP contribution < -0.4 is 10.5 Å².